The summed E-state index contributed by atoms with van der Waals surface area (Å²) in [6.07, 6.45) is -3.19. The van der Waals surface area contributed by atoms with Crippen LogP contribution in [0.3, 0.4) is 0 Å². The molecular formula is C55H70F2N12O11. The number of amides is 8. The molecule has 0 radical (unpaired) electrons. The van der Waals surface area contributed by atoms with E-state index in [2.05, 4.69) is 42.5 Å². The molecule has 0 aliphatic carbocycles. The van der Waals surface area contributed by atoms with Crippen molar-refractivity contribution in [2.75, 3.05) is 124 Å². The summed E-state index contributed by atoms with van der Waals surface area (Å²) in [5, 5.41) is 55.7. The molecule has 4 aromatic rings. The Labute approximate surface area is 461 Å². The molecule has 8 rings (SSSR count). The van der Waals surface area contributed by atoms with Gasteiger partial charge in [-0.05, 0) is 61.0 Å². The molecular weight excluding hydrogens is 1040 g/mol. The number of rotatable bonds is 1. The molecule has 5 atom stereocenters. The summed E-state index contributed by atoms with van der Waals surface area (Å²) in [4.78, 5) is 117. The first-order valence-electron chi connectivity index (χ1n) is 26.0. The van der Waals surface area contributed by atoms with Crippen LogP contribution < -0.4 is 42.5 Å². The third kappa shape index (κ3) is 15.9. The first kappa shape index (κ1) is 61.0. The summed E-state index contributed by atoms with van der Waals surface area (Å²) < 4.78 is 30.3. The lowest BCUT2D eigenvalue weighted by molar-refractivity contribution is 0.0605. The van der Waals surface area contributed by atoms with Gasteiger partial charge in [-0.3, -0.25) is 58.0 Å². The summed E-state index contributed by atoms with van der Waals surface area (Å²) >= 11 is 0. The third-order valence-electron chi connectivity index (χ3n) is 13.9. The van der Waals surface area contributed by atoms with E-state index in [-0.39, 0.29) is 164 Å². The van der Waals surface area contributed by atoms with E-state index in [9.17, 15) is 53.7 Å². The number of alkyl halides is 2. The van der Waals surface area contributed by atoms with Crippen LogP contribution in [0.4, 0.5) is 8.78 Å². The molecule has 4 aliphatic rings. The molecule has 0 fully saturated rings. The van der Waals surface area contributed by atoms with Crippen molar-refractivity contribution in [2.45, 2.75) is 26.8 Å². The third-order valence-corrected chi connectivity index (χ3v) is 13.9. The van der Waals surface area contributed by atoms with Crippen LogP contribution in [0.25, 0.3) is 0 Å². The lowest BCUT2D eigenvalue weighted by Crippen LogP contribution is -2.51. The molecule has 5 unspecified atom stereocenters. The van der Waals surface area contributed by atoms with Crippen molar-refractivity contribution < 1.29 is 62.5 Å². The van der Waals surface area contributed by atoms with Crippen molar-refractivity contribution in [2.24, 2.45) is 0 Å². The Balaban J connectivity index is 0.0000103. The van der Waals surface area contributed by atoms with Crippen LogP contribution >= 0.6 is 0 Å². The lowest BCUT2D eigenvalue weighted by atomic mass is 10.0. The molecule has 4 heterocycles. The molecule has 430 valence electrons. The summed E-state index contributed by atoms with van der Waals surface area (Å²) in [5.41, 5.74) is -0.645. The zero-order valence-corrected chi connectivity index (χ0v) is 43.7. The molecule has 4 aromatic carbocycles. The summed E-state index contributed by atoms with van der Waals surface area (Å²) in [5.74, 6) is -7.59. The number of nitrogens with zero attached hydrogens (tertiary/aromatic N) is 4. The number of benzene rings is 4. The number of fused-ring (bicyclic) bond motifs is 16. The zero-order valence-electron chi connectivity index (χ0n) is 43.7. The number of para-hydroxylation sites is 3. The number of aromatic hydroxyl groups is 3. The SMILES string of the molecule is C.Cc1c2cccc1C(=O)NCCN1CCNC(=O)c3cccc(c3O)C(=O)NCCN(CCNC2=O)CCN2CCNC(=O)c3cccc(c3O)C(=O)NCCN(CC1)CC(C(F)F)NC(=O)c1cccc(c1O)C(=O)NCC2. The van der Waals surface area contributed by atoms with Crippen LogP contribution in [0.1, 0.15) is 95.9 Å². The maximum absolute atomic E-state index is 15.1. The van der Waals surface area contributed by atoms with Crippen LogP contribution in [0, 0.1) is 6.92 Å². The van der Waals surface area contributed by atoms with Crippen LogP contribution in [0.2, 0.25) is 0 Å². The van der Waals surface area contributed by atoms with Gasteiger partial charge in [0.1, 0.15) is 23.3 Å². The highest BCUT2D eigenvalue weighted by Crippen LogP contribution is 2.25. The molecule has 4 aliphatic heterocycles. The van der Waals surface area contributed by atoms with E-state index >= 15 is 8.78 Å². The normalized spacial score (nSPS) is 22.3. The Morgan fingerprint density at radius 2 is 0.600 bits per heavy atom. The maximum Gasteiger partial charge on any atom is 0.259 e. The lowest BCUT2D eigenvalue weighted by Gasteiger charge is -2.31. The second kappa shape index (κ2) is 29.1. The Kier molecular flexibility index (Phi) is 22.2. The van der Waals surface area contributed by atoms with Gasteiger partial charge in [0.2, 0.25) is 0 Å². The number of carbonyl (C=O) groups excluding carboxylic acids is 8. The molecule has 8 amide bonds. The van der Waals surface area contributed by atoms with Gasteiger partial charge in [0.15, 0.2) is 0 Å². The van der Waals surface area contributed by atoms with Gasteiger partial charge in [-0.2, -0.15) is 0 Å². The van der Waals surface area contributed by atoms with Gasteiger partial charge in [0.25, 0.3) is 53.7 Å². The fraction of sp³-hybridized carbons (Fsp3) is 0.418. The topological polar surface area (TPSA) is 306 Å². The Hall–Kier alpha value is -8.26. The van der Waals surface area contributed by atoms with Crippen LogP contribution in [0.5, 0.6) is 17.2 Å². The second-order valence-corrected chi connectivity index (χ2v) is 19.1. The van der Waals surface area contributed by atoms with Gasteiger partial charge in [-0.15, -0.1) is 0 Å². The fourth-order valence-corrected chi connectivity index (χ4v) is 9.40. The summed E-state index contributed by atoms with van der Waals surface area (Å²) in [6, 6.07) is 14.9. The Bertz CT molecular complexity index is 2820. The van der Waals surface area contributed by atoms with E-state index < -0.39 is 89.1 Å². The average molecular weight is 1110 g/mol. The highest BCUT2D eigenvalue weighted by molar-refractivity contribution is 6.06. The number of carbonyl (C=O) groups is 8. The van der Waals surface area contributed by atoms with Gasteiger partial charge in [-0.1, -0.05) is 31.7 Å². The molecule has 0 spiro atoms. The van der Waals surface area contributed by atoms with Crippen LogP contribution in [-0.2, 0) is 0 Å². The van der Waals surface area contributed by atoms with E-state index in [0.717, 1.165) is 0 Å². The monoisotopic (exact) mass is 1110 g/mol. The number of hydrogen-bond donors (Lipinski definition) is 11. The zero-order chi connectivity index (χ0) is 56.6. The van der Waals surface area contributed by atoms with Crippen LogP contribution in [-0.4, -0.2) is 219 Å². The molecule has 0 saturated heterocycles. The minimum Gasteiger partial charge on any atom is -0.506 e. The molecule has 11 N–H and O–H groups in total. The number of phenols is 3. The van der Waals surface area contributed by atoms with Crippen molar-refractivity contribution >= 4 is 47.3 Å². The average Bonchev–Trinajstić information content (AvgIpc) is 3.42. The number of nitrogens with one attached hydrogen (secondary N) is 8. The second-order valence-electron chi connectivity index (χ2n) is 19.1. The number of hydrogen-bond acceptors (Lipinski definition) is 15. The highest BCUT2D eigenvalue weighted by atomic mass is 19.3. The smallest absolute Gasteiger partial charge is 0.259 e. The van der Waals surface area contributed by atoms with Crippen molar-refractivity contribution in [1.82, 2.24) is 62.1 Å². The van der Waals surface area contributed by atoms with Gasteiger partial charge in [0, 0.05) is 135 Å². The molecule has 12 bridgehead atoms. The Morgan fingerprint density at radius 1 is 0.375 bits per heavy atom. The molecule has 80 heavy (non-hydrogen) atoms. The Morgan fingerprint density at radius 3 is 0.875 bits per heavy atom. The van der Waals surface area contributed by atoms with Crippen LogP contribution in [0.15, 0.2) is 72.8 Å². The first-order valence-corrected chi connectivity index (χ1v) is 26.0. The molecule has 25 heteroatoms. The quantitative estimate of drug-likeness (QED) is 0.124. The van der Waals surface area contributed by atoms with E-state index in [1.807, 2.05) is 9.80 Å². The van der Waals surface area contributed by atoms with Gasteiger partial charge in [-0.25, -0.2) is 8.78 Å². The van der Waals surface area contributed by atoms with E-state index in [1.165, 1.54) is 59.5 Å². The largest absolute Gasteiger partial charge is 0.506 e. The molecule has 23 nitrogen and oxygen atoms in total. The van der Waals surface area contributed by atoms with E-state index in [4.69, 9.17) is 0 Å². The van der Waals surface area contributed by atoms with Gasteiger partial charge >= 0.3 is 0 Å². The fourth-order valence-electron chi connectivity index (χ4n) is 9.40. The van der Waals surface area contributed by atoms with Crippen molar-refractivity contribution in [3.8, 4) is 17.2 Å². The predicted octanol–water partition coefficient (Wildman–Crippen LogP) is 0.569. The van der Waals surface area contributed by atoms with E-state index in [1.54, 1.807) is 30.0 Å². The van der Waals surface area contributed by atoms with Gasteiger partial charge < -0.3 is 57.9 Å². The maximum atomic E-state index is 15.1. The minimum absolute atomic E-state index is 0. The van der Waals surface area contributed by atoms with Crippen molar-refractivity contribution in [3.63, 3.8) is 0 Å². The van der Waals surface area contributed by atoms with Crippen molar-refractivity contribution in [3.05, 3.63) is 123 Å². The number of halogens is 2. The number of phenolic OH excluding ortho intramolecular Hbond substituents is 3. The van der Waals surface area contributed by atoms with E-state index in [0.29, 0.717) is 5.56 Å². The van der Waals surface area contributed by atoms with Crippen molar-refractivity contribution in [1.29, 1.82) is 0 Å². The minimum atomic E-state index is -3.19. The molecule has 0 saturated carbocycles. The predicted molar refractivity (Wildman–Crippen MR) is 292 cm³/mol. The first-order chi connectivity index (χ1) is 38.0. The summed E-state index contributed by atoms with van der Waals surface area (Å²) in [6.45, 7) is 2.22. The highest BCUT2D eigenvalue weighted by Gasteiger charge is 2.29. The standard InChI is InChI=1S/C54H66F2N12O11.CH4/c1-33-34-6-2-7-35(33)48(73)58-15-22-67-26-19-61-51(76)37-9-3-8-36(43(37)69)49(74)59-16-23-65(21-14-57-47(34)72)28-29-66-24-17-60-50(75)38-10-4-11-39(44(38)70)52(77)63-20-27-68(31-30-67)32-42(46(55)56)64-54(79)41-13-5-12-40(45(41)71)53(78)62-18-25-66;/h2-13,42,46,69-71H,14-32H2,1H3,(H,57,72)(H,58,73)(H,59,74)(H,60,75)(H,61,76)(H,62,78)(H,63,77)(H,64,79);1H4. The molecule has 0 aromatic heterocycles. The summed E-state index contributed by atoms with van der Waals surface area (Å²) in [7, 11) is 0. The van der Waals surface area contributed by atoms with Gasteiger partial charge in [0.05, 0.1) is 33.4 Å².